The molecule has 0 unspecified atom stereocenters. The predicted octanol–water partition coefficient (Wildman–Crippen LogP) is 5.48. The SMILES string of the molecule is CN1CCC(Oc2cccc(CN(C)C(=O)c3ccc(C4CCCCC4)cc3)c2)CC1. The molecule has 1 saturated carbocycles. The first-order valence-corrected chi connectivity index (χ1v) is 11.9. The Bertz CT molecular complexity index is 850. The molecule has 0 spiro atoms. The van der Waals surface area contributed by atoms with Gasteiger partial charge in [-0.1, -0.05) is 43.5 Å². The van der Waals surface area contributed by atoms with E-state index >= 15 is 0 Å². The first kappa shape index (κ1) is 21.9. The molecule has 31 heavy (non-hydrogen) atoms. The molecule has 1 aliphatic heterocycles. The van der Waals surface area contributed by atoms with Crippen LogP contribution in [0.4, 0.5) is 0 Å². The van der Waals surface area contributed by atoms with Crippen molar-refractivity contribution in [3.05, 3.63) is 65.2 Å². The van der Waals surface area contributed by atoms with Crippen molar-refractivity contribution in [3.63, 3.8) is 0 Å². The van der Waals surface area contributed by atoms with E-state index in [1.165, 1.54) is 37.7 Å². The van der Waals surface area contributed by atoms with Crippen molar-refractivity contribution in [1.82, 2.24) is 9.80 Å². The van der Waals surface area contributed by atoms with Gasteiger partial charge in [0.15, 0.2) is 0 Å². The highest BCUT2D eigenvalue weighted by atomic mass is 16.5. The summed E-state index contributed by atoms with van der Waals surface area (Å²) >= 11 is 0. The summed E-state index contributed by atoms with van der Waals surface area (Å²) in [6.07, 6.45) is 9.00. The second-order valence-corrected chi connectivity index (χ2v) is 9.39. The van der Waals surface area contributed by atoms with Gasteiger partial charge in [0.1, 0.15) is 11.9 Å². The standard InChI is InChI=1S/C27H36N2O2/c1-28-17-15-25(16-18-28)31-26-10-6-7-21(19-26)20-29(2)27(30)24-13-11-23(12-14-24)22-8-4-3-5-9-22/h6-7,10-14,19,22,25H,3-5,8-9,15-18,20H2,1-2H3. The van der Waals surface area contributed by atoms with E-state index in [0.717, 1.165) is 42.8 Å². The molecule has 4 rings (SSSR count). The van der Waals surface area contributed by atoms with Gasteiger partial charge < -0.3 is 14.5 Å². The molecule has 2 aromatic carbocycles. The third-order valence-electron chi connectivity index (χ3n) is 6.87. The molecule has 1 aliphatic carbocycles. The van der Waals surface area contributed by atoms with Crippen LogP contribution in [0.5, 0.6) is 5.75 Å². The Morgan fingerprint density at radius 3 is 2.42 bits per heavy atom. The lowest BCUT2D eigenvalue weighted by atomic mass is 9.84. The lowest BCUT2D eigenvalue weighted by molar-refractivity contribution is 0.0784. The van der Waals surface area contributed by atoms with Crippen LogP contribution in [0.15, 0.2) is 48.5 Å². The molecule has 0 N–H and O–H groups in total. The summed E-state index contributed by atoms with van der Waals surface area (Å²) in [4.78, 5) is 17.1. The van der Waals surface area contributed by atoms with Crippen molar-refractivity contribution in [3.8, 4) is 5.75 Å². The van der Waals surface area contributed by atoms with Crippen LogP contribution in [-0.4, -0.2) is 49.0 Å². The van der Waals surface area contributed by atoms with Gasteiger partial charge in [0.25, 0.3) is 5.91 Å². The number of benzene rings is 2. The molecule has 0 atom stereocenters. The van der Waals surface area contributed by atoms with E-state index in [2.05, 4.69) is 36.2 Å². The van der Waals surface area contributed by atoms with Gasteiger partial charge in [-0.3, -0.25) is 4.79 Å². The predicted molar refractivity (Wildman–Crippen MR) is 126 cm³/mol. The van der Waals surface area contributed by atoms with Gasteiger partial charge in [-0.2, -0.15) is 0 Å². The number of nitrogens with zero attached hydrogens (tertiary/aromatic N) is 2. The van der Waals surface area contributed by atoms with E-state index in [0.29, 0.717) is 12.5 Å². The molecule has 4 nitrogen and oxygen atoms in total. The summed E-state index contributed by atoms with van der Waals surface area (Å²) in [6, 6.07) is 16.5. The van der Waals surface area contributed by atoms with Crippen molar-refractivity contribution in [2.45, 2.75) is 63.5 Å². The van der Waals surface area contributed by atoms with Gasteiger partial charge in [-0.05, 0) is 74.0 Å². The third kappa shape index (κ3) is 5.88. The number of rotatable bonds is 6. The minimum absolute atomic E-state index is 0.0665. The van der Waals surface area contributed by atoms with Crippen LogP contribution in [0.2, 0.25) is 0 Å². The lowest BCUT2D eigenvalue weighted by Crippen LogP contribution is -2.35. The molecule has 4 heteroatoms. The summed E-state index contributed by atoms with van der Waals surface area (Å²) in [7, 11) is 4.04. The Balaban J connectivity index is 1.34. The van der Waals surface area contributed by atoms with E-state index in [4.69, 9.17) is 4.74 Å². The number of likely N-dealkylation sites (tertiary alicyclic amines) is 1. The van der Waals surface area contributed by atoms with Gasteiger partial charge in [0, 0.05) is 32.2 Å². The van der Waals surface area contributed by atoms with Crippen molar-refractivity contribution < 1.29 is 9.53 Å². The van der Waals surface area contributed by atoms with Crippen LogP contribution < -0.4 is 4.74 Å². The normalized spacial score (nSPS) is 18.6. The minimum Gasteiger partial charge on any atom is -0.490 e. The molecular weight excluding hydrogens is 384 g/mol. The Morgan fingerprint density at radius 1 is 1.00 bits per heavy atom. The number of carbonyl (C=O) groups excluding carboxylic acids is 1. The second kappa shape index (κ2) is 10.3. The van der Waals surface area contributed by atoms with Gasteiger partial charge >= 0.3 is 0 Å². The van der Waals surface area contributed by atoms with Crippen molar-refractivity contribution in [2.75, 3.05) is 27.2 Å². The number of amides is 1. The van der Waals surface area contributed by atoms with Crippen molar-refractivity contribution in [2.24, 2.45) is 0 Å². The zero-order valence-corrected chi connectivity index (χ0v) is 19.1. The van der Waals surface area contributed by atoms with Crippen LogP contribution in [0.3, 0.4) is 0 Å². The molecular formula is C27H36N2O2. The fourth-order valence-corrected chi connectivity index (χ4v) is 4.91. The number of hydrogen-bond donors (Lipinski definition) is 0. The highest BCUT2D eigenvalue weighted by Gasteiger charge is 2.19. The van der Waals surface area contributed by atoms with E-state index in [-0.39, 0.29) is 12.0 Å². The average molecular weight is 421 g/mol. The summed E-state index contributed by atoms with van der Waals surface area (Å²) in [5.41, 5.74) is 3.25. The van der Waals surface area contributed by atoms with Gasteiger partial charge in [0.05, 0.1) is 0 Å². The maximum Gasteiger partial charge on any atom is 0.253 e. The Kier molecular flexibility index (Phi) is 7.29. The van der Waals surface area contributed by atoms with E-state index < -0.39 is 0 Å². The number of piperidine rings is 1. The average Bonchev–Trinajstić information content (AvgIpc) is 2.81. The summed E-state index contributed by atoms with van der Waals surface area (Å²) < 4.78 is 6.21. The monoisotopic (exact) mass is 420 g/mol. The first-order chi connectivity index (χ1) is 15.1. The number of ether oxygens (including phenoxy) is 1. The van der Waals surface area contributed by atoms with Gasteiger partial charge in [0.2, 0.25) is 0 Å². The Labute approximate surface area is 187 Å². The fourth-order valence-electron chi connectivity index (χ4n) is 4.91. The van der Waals surface area contributed by atoms with Crippen LogP contribution in [-0.2, 0) is 6.54 Å². The van der Waals surface area contributed by atoms with E-state index in [1.807, 2.05) is 31.3 Å². The summed E-state index contributed by atoms with van der Waals surface area (Å²) in [6.45, 7) is 2.75. The largest absolute Gasteiger partial charge is 0.490 e. The third-order valence-corrected chi connectivity index (χ3v) is 6.87. The van der Waals surface area contributed by atoms with Gasteiger partial charge in [-0.25, -0.2) is 0 Å². The molecule has 0 bridgehead atoms. The molecule has 2 fully saturated rings. The van der Waals surface area contributed by atoms with Crippen molar-refractivity contribution >= 4 is 5.91 Å². The van der Waals surface area contributed by atoms with Crippen molar-refractivity contribution in [1.29, 1.82) is 0 Å². The molecule has 2 aliphatic rings. The fraction of sp³-hybridized carbons (Fsp3) is 0.519. The molecule has 2 aromatic rings. The molecule has 0 radical (unpaired) electrons. The van der Waals surface area contributed by atoms with Gasteiger partial charge in [-0.15, -0.1) is 0 Å². The van der Waals surface area contributed by atoms with E-state index in [9.17, 15) is 4.79 Å². The molecule has 0 aromatic heterocycles. The Morgan fingerprint density at radius 2 is 1.71 bits per heavy atom. The minimum atomic E-state index is 0.0665. The van der Waals surface area contributed by atoms with E-state index in [1.54, 1.807) is 4.90 Å². The zero-order chi connectivity index (χ0) is 21.6. The van der Waals surface area contributed by atoms with Crippen LogP contribution >= 0.6 is 0 Å². The second-order valence-electron chi connectivity index (χ2n) is 9.39. The quantitative estimate of drug-likeness (QED) is 0.620. The first-order valence-electron chi connectivity index (χ1n) is 11.9. The molecule has 1 amide bonds. The maximum absolute atomic E-state index is 13.0. The summed E-state index contributed by atoms with van der Waals surface area (Å²) in [5.74, 6) is 1.64. The zero-order valence-electron chi connectivity index (χ0n) is 19.1. The molecule has 1 saturated heterocycles. The maximum atomic E-state index is 13.0. The smallest absolute Gasteiger partial charge is 0.253 e. The lowest BCUT2D eigenvalue weighted by Gasteiger charge is -2.29. The topological polar surface area (TPSA) is 32.8 Å². The Hall–Kier alpha value is -2.33. The number of hydrogen-bond acceptors (Lipinski definition) is 3. The van der Waals surface area contributed by atoms with Crippen LogP contribution in [0.1, 0.15) is 72.3 Å². The molecule has 1 heterocycles. The van der Waals surface area contributed by atoms with Crippen LogP contribution in [0.25, 0.3) is 0 Å². The number of carbonyl (C=O) groups is 1. The highest BCUT2D eigenvalue weighted by Crippen LogP contribution is 2.32. The van der Waals surface area contributed by atoms with Crippen LogP contribution in [0, 0.1) is 0 Å². The molecule has 166 valence electrons. The summed E-state index contributed by atoms with van der Waals surface area (Å²) in [5, 5.41) is 0. The highest BCUT2D eigenvalue weighted by molar-refractivity contribution is 5.94.